The van der Waals surface area contributed by atoms with Crippen molar-refractivity contribution in [3.63, 3.8) is 0 Å². The number of hydrogen-bond donors (Lipinski definition) is 2. The number of anilines is 1. The van der Waals surface area contributed by atoms with Gasteiger partial charge in [0.1, 0.15) is 5.75 Å². The first-order valence-corrected chi connectivity index (χ1v) is 8.47. The van der Waals surface area contributed by atoms with Crippen molar-refractivity contribution in [2.75, 3.05) is 11.9 Å². The molecule has 132 valence electrons. The van der Waals surface area contributed by atoms with Gasteiger partial charge < -0.3 is 15.4 Å². The van der Waals surface area contributed by atoms with E-state index in [-0.39, 0.29) is 18.0 Å². The summed E-state index contributed by atoms with van der Waals surface area (Å²) in [6.45, 7) is 2.57. The number of para-hydroxylation sites is 1. The number of benzene rings is 2. The van der Waals surface area contributed by atoms with Gasteiger partial charge in [0, 0.05) is 23.2 Å². The molecule has 2 unspecified atom stereocenters. The first-order chi connectivity index (χ1) is 12.7. The van der Waals surface area contributed by atoms with Gasteiger partial charge in [-0.05, 0) is 37.3 Å². The SMILES string of the molecule is CC(NC(=O)Nc1ccc(-n2ccnn2)cc1)C1COc2ccccc21. The van der Waals surface area contributed by atoms with Crippen LogP contribution in [-0.2, 0) is 0 Å². The molecule has 2 atom stereocenters. The number of ether oxygens (including phenoxy) is 1. The molecule has 0 fully saturated rings. The summed E-state index contributed by atoms with van der Waals surface area (Å²) in [6.07, 6.45) is 3.38. The van der Waals surface area contributed by atoms with Crippen molar-refractivity contribution in [2.24, 2.45) is 0 Å². The lowest BCUT2D eigenvalue weighted by Gasteiger charge is -2.20. The minimum Gasteiger partial charge on any atom is -0.493 e. The van der Waals surface area contributed by atoms with E-state index in [0.717, 1.165) is 17.0 Å². The van der Waals surface area contributed by atoms with Crippen molar-refractivity contribution in [1.29, 1.82) is 0 Å². The molecule has 0 saturated heterocycles. The minimum atomic E-state index is -0.240. The molecule has 4 rings (SSSR count). The van der Waals surface area contributed by atoms with E-state index in [1.165, 1.54) is 0 Å². The summed E-state index contributed by atoms with van der Waals surface area (Å²) in [5.74, 6) is 1.04. The van der Waals surface area contributed by atoms with Crippen LogP contribution in [0.4, 0.5) is 10.5 Å². The maximum atomic E-state index is 12.3. The zero-order valence-electron chi connectivity index (χ0n) is 14.3. The fourth-order valence-electron chi connectivity index (χ4n) is 3.12. The Morgan fingerprint density at radius 1 is 1.23 bits per heavy atom. The van der Waals surface area contributed by atoms with Gasteiger partial charge in [0.2, 0.25) is 0 Å². The van der Waals surface area contributed by atoms with E-state index < -0.39 is 0 Å². The molecular weight excluding hydrogens is 330 g/mol. The number of carbonyl (C=O) groups is 1. The van der Waals surface area contributed by atoms with Gasteiger partial charge in [-0.15, -0.1) is 5.10 Å². The molecule has 0 bridgehead atoms. The number of aromatic nitrogens is 3. The van der Waals surface area contributed by atoms with Crippen LogP contribution in [0.25, 0.3) is 5.69 Å². The highest BCUT2D eigenvalue weighted by molar-refractivity contribution is 5.89. The smallest absolute Gasteiger partial charge is 0.319 e. The fraction of sp³-hybridized carbons (Fsp3) is 0.211. The Morgan fingerprint density at radius 2 is 2.04 bits per heavy atom. The number of carbonyl (C=O) groups excluding carboxylic acids is 1. The van der Waals surface area contributed by atoms with Gasteiger partial charge in [-0.1, -0.05) is 23.4 Å². The van der Waals surface area contributed by atoms with Gasteiger partial charge in [-0.3, -0.25) is 0 Å². The molecule has 1 aromatic heterocycles. The molecule has 0 radical (unpaired) electrons. The predicted molar refractivity (Wildman–Crippen MR) is 97.7 cm³/mol. The molecule has 3 aromatic rings. The molecule has 1 aliphatic rings. The van der Waals surface area contributed by atoms with E-state index in [1.54, 1.807) is 17.1 Å². The summed E-state index contributed by atoms with van der Waals surface area (Å²) in [6, 6.07) is 15.1. The largest absolute Gasteiger partial charge is 0.493 e. The molecule has 2 aromatic carbocycles. The molecule has 2 N–H and O–H groups in total. The Kier molecular flexibility index (Phi) is 4.27. The summed E-state index contributed by atoms with van der Waals surface area (Å²) in [7, 11) is 0. The number of urea groups is 1. The maximum Gasteiger partial charge on any atom is 0.319 e. The highest BCUT2D eigenvalue weighted by Crippen LogP contribution is 2.35. The third-order valence-corrected chi connectivity index (χ3v) is 4.51. The topological polar surface area (TPSA) is 81.1 Å². The Hall–Kier alpha value is -3.35. The second-order valence-corrected chi connectivity index (χ2v) is 6.24. The monoisotopic (exact) mass is 349 g/mol. The van der Waals surface area contributed by atoms with Crippen molar-refractivity contribution >= 4 is 11.7 Å². The van der Waals surface area contributed by atoms with E-state index in [9.17, 15) is 4.79 Å². The van der Waals surface area contributed by atoms with E-state index in [2.05, 4.69) is 20.9 Å². The van der Waals surface area contributed by atoms with Crippen LogP contribution in [0.15, 0.2) is 60.9 Å². The third-order valence-electron chi connectivity index (χ3n) is 4.51. The number of amides is 2. The predicted octanol–water partition coefficient (Wildman–Crippen LogP) is 2.95. The van der Waals surface area contributed by atoms with Gasteiger partial charge >= 0.3 is 6.03 Å². The van der Waals surface area contributed by atoms with Crippen molar-refractivity contribution in [2.45, 2.75) is 18.9 Å². The molecule has 2 amide bonds. The first-order valence-electron chi connectivity index (χ1n) is 8.47. The molecule has 0 aliphatic carbocycles. The Morgan fingerprint density at radius 3 is 2.81 bits per heavy atom. The third kappa shape index (κ3) is 3.23. The number of hydrogen-bond acceptors (Lipinski definition) is 4. The Bertz CT molecular complexity index is 893. The van der Waals surface area contributed by atoms with Crippen LogP contribution in [0.5, 0.6) is 5.75 Å². The van der Waals surface area contributed by atoms with Crippen molar-refractivity contribution < 1.29 is 9.53 Å². The fourth-order valence-corrected chi connectivity index (χ4v) is 3.12. The van der Waals surface area contributed by atoms with Crippen LogP contribution in [0, 0.1) is 0 Å². The number of nitrogens with zero attached hydrogens (tertiary/aromatic N) is 3. The molecule has 0 spiro atoms. The maximum absolute atomic E-state index is 12.3. The highest BCUT2D eigenvalue weighted by Gasteiger charge is 2.29. The van der Waals surface area contributed by atoms with Crippen LogP contribution in [0.2, 0.25) is 0 Å². The summed E-state index contributed by atoms with van der Waals surface area (Å²) in [5, 5.41) is 13.6. The molecule has 7 nitrogen and oxygen atoms in total. The van der Waals surface area contributed by atoms with E-state index in [1.807, 2.05) is 55.5 Å². The lowest BCUT2D eigenvalue weighted by molar-refractivity contribution is 0.244. The summed E-state index contributed by atoms with van der Waals surface area (Å²) in [4.78, 5) is 12.3. The zero-order valence-corrected chi connectivity index (χ0v) is 14.3. The van der Waals surface area contributed by atoms with Crippen LogP contribution in [0.3, 0.4) is 0 Å². The van der Waals surface area contributed by atoms with Crippen molar-refractivity contribution in [1.82, 2.24) is 20.3 Å². The van der Waals surface area contributed by atoms with Crippen LogP contribution >= 0.6 is 0 Å². The van der Waals surface area contributed by atoms with E-state index in [4.69, 9.17) is 4.74 Å². The van der Waals surface area contributed by atoms with Gasteiger partial charge in [-0.2, -0.15) is 0 Å². The molecule has 2 heterocycles. The van der Waals surface area contributed by atoms with Gasteiger partial charge in [-0.25, -0.2) is 9.48 Å². The van der Waals surface area contributed by atoms with Crippen molar-refractivity contribution in [3.8, 4) is 11.4 Å². The highest BCUT2D eigenvalue weighted by atomic mass is 16.5. The summed E-state index contributed by atoms with van der Waals surface area (Å²) >= 11 is 0. The normalized spacial score (nSPS) is 16.4. The van der Waals surface area contributed by atoms with Gasteiger partial charge in [0.15, 0.2) is 0 Å². The van der Waals surface area contributed by atoms with Crippen LogP contribution in [0.1, 0.15) is 18.4 Å². The van der Waals surface area contributed by atoms with Crippen LogP contribution < -0.4 is 15.4 Å². The average molecular weight is 349 g/mol. The molecular formula is C19H19N5O2. The Labute approximate surface area is 151 Å². The average Bonchev–Trinajstić information content (AvgIpc) is 3.32. The molecule has 7 heteroatoms. The summed E-state index contributed by atoms with van der Waals surface area (Å²) in [5.41, 5.74) is 2.72. The second-order valence-electron chi connectivity index (χ2n) is 6.24. The Balaban J connectivity index is 1.37. The number of rotatable bonds is 4. The van der Waals surface area contributed by atoms with Crippen molar-refractivity contribution in [3.05, 3.63) is 66.5 Å². The van der Waals surface area contributed by atoms with Crippen LogP contribution in [-0.4, -0.2) is 33.7 Å². The minimum absolute atomic E-state index is 0.0481. The number of nitrogens with one attached hydrogen (secondary N) is 2. The summed E-state index contributed by atoms with van der Waals surface area (Å²) < 4.78 is 7.35. The lowest BCUT2D eigenvalue weighted by Crippen LogP contribution is -2.40. The van der Waals surface area contributed by atoms with Gasteiger partial charge in [0.05, 0.1) is 24.7 Å². The molecule has 1 aliphatic heterocycles. The number of fused-ring (bicyclic) bond motifs is 1. The standard InChI is InChI=1S/C19H19N5O2/c1-13(17-12-26-18-5-3-2-4-16(17)18)21-19(25)22-14-6-8-15(9-7-14)24-11-10-20-23-24/h2-11,13,17H,12H2,1H3,(H2,21,22,25). The lowest BCUT2D eigenvalue weighted by atomic mass is 9.94. The molecule has 0 saturated carbocycles. The van der Waals surface area contributed by atoms with Gasteiger partial charge in [0.25, 0.3) is 0 Å². The zero-order chi connectivity index (χ0) is 17.9. The van der Waals surface area contributed by atoms with E-state index in [0.29, 0.717) is 12.3 Å². The first kappa shape index (κ1) is 16.1. The molecule has 26 heavy (non-hydrogen) atoms. The second kappa shape index (κ2) is 6.87. The van der Waals surface area contributed by atoms with E-state index >= 15 is 0 Å². The quantitative estimate of drug-likeness (QED) is 0.759.